The third kappa shape index (κ3) is 2.31. The summed E-state index contributed by atoms with van der Waals surface area (Å²) in [6, 6.07) is 1.50. The highest BCUT2D eigenvalue weighted by Gasteiger charge is 2.38. The van der Waals surface area contributed by atoms with Gasteiger partial charge in [-0.2, -0.15) is 0 Å². The van der Waals surface area contributed by atoms with Crippen molar-refractivity contribution in [1.29, 1.82) is 0 Å². The molecule has 104 valence electrons. The van der Waals surface area contributed by atoms with E-state index in [-0.39, 0.29) is 11.2 Å². The van der Waals surface area contributed by atoms with Gasteiger partial charge in [0.1, 0.15) is 11.5 Å². The lowest BCUT2D eigenvalue weighted by Gasteiger charge is -2.42. The molecule has 5 heteroatoms. The first-order chi connectivity index (χ1) is 9.10. The smallest absolute Gasteiger partial charge is 0.152 e. The molecular formula is C14H17F3N2. The number of rotatable bonds is 1. The zero-order valence-corrected chi connectivity index (χ0v) is 10.7. The van der Waals surface area contributed by atoms with Crippen LogP contribution < -0.4 is 10.2 Å². The molecule has 0 unspecified atom stereocenters. The zero-order valence-electron chi connectivity index (χ0n) is 10.7. The van der Waals surface area contributed by atoms with E-state index in [2.05, 4.69) is 5.32 Å². The molecule has 1 saturated heterocycles. The predicted octanol–water partition coefficient (Wildman–Crippen LogP) is 2.83. The number of anilines is 1. The Kier molecular flexibility index (Phi) is 3.17. The summed E-state index contributed by atoms with van der Waals surface area (Å²) in [5, 5.41) is 3.48. The van der Waals surface area contributed by atoms with Gasteiger partial charge in [-0.1, -0.05) is 12.8 Å². The van der Waals surface area contributed by atoms with E-state index in [9.17, 15) is 13.2 Å². The fourth-order valence-corrected chi connectivity index (χ4v) is 3.37. The molecule has 3 rings (SSSR count). The summed E-state index contributed by atoms with van der Waals surface area (Å²) in [6.07, 6.45) is 4.37. The van der Waals surface area contributed by atoms with E-state index in [4.69, 9.17) is 0 Å². The maximum absolute atomic E-state index is 13.8. The second kappa shape index (κ2) is 4.71. The summed E-state index contributed by atoms with van der Waals surface area (Å²) in [5.41, 5.74) is -0.111. The van der Waals surface area contributed by atoms with E-state index in [1.165, 1.54) is 0 Å². The first kappa shape index (κ1) is 12.8. The van der Waals surface area contributed by atoms with Crippen molar-refractivity contribution in [3.05, 3.63) is 29.6 Å². The highest BCUT2D eigenvalue weighted by atomic mass is 19.1. The molecule has 1 N–H and O–H groups in total. The van der Waals surface area contributed by atoms with E-state index >= 15 is 0 Å². The van der Waals surface area contributed by atoms with Crippen molar-refractivity contribution in [2.75, 3.05) is 24.5 Å². The Morgan fingerprint density at radius 3 is 2.32 bits per heavy atom. The molecule has 1 aliphatic carbocycles. The molecule has 2 nitrogen and oxygen atoms in total. The first-order valence-electron chi connectivity index (χ1n) is 6.74. The van der Waals surface area contributed by atoms with Gasteiger partial charge in [0.25, 0.3) is 0 Å². The molecule has 1 heterocycles. The van der Waals surface area contributed by atoms with Crippen molar-refractivity contribution in [2.45, 2.75) is 31.2 Å². The van der Waals surface area contributed by atoms with Crippen LogP contribution in [0.5, 0.6) is 0 Å². The van der Waals surface area contributed by atoms with Crippen molar-refractivity contribution in [3.8, 4) is 0 Å². The fourth-order valence-electron chi connectivity index (χ4n) is 3.37. The molecule has 1 aliphatic heterocycles. The summed E-state index contributed by atoms with van der Waals surface area (Å²) in [4.78, 5) is 1.71. The van der Waals surface area contributed by atoms with Crippen molar-refractivity contribution in [3.63, 3.8) is 0 Å². The SMILES string of the molecule is Fc1cc(F)c(N2CCNC3(CCCC3)C2)c(F)c1. The van der Waals surface area contributed by atoms with E-state index in [0.717, 1.165) is 37.8 Å². The van der Waals surface area contributed by atoms with Crippen LogP contribution in [-0.4, -0.2) is 25.2 Å². The Labute approximate surface area is 110 Å². The van der Waals surface area contributed by atoms with Gasteiger partial charge in [0.15, 0.2) is 11.6 Å². The van der Waals surface area contributed by atoms with E-state index in [1.54, 1.807) is 4.90 Å². The molecular weight excluding hydrogens is 253 g/mol. The fraction of sp³-hybridized carbons (Fsp3) is 0.571. The molecule has 2 aliphatic rings. The lowest BCUT2D eigenvalue weighted by molar-refractivity contribution is 0.301. The Morgan fingerprint density at radius 2 is 1.68 bits per heavy atom. The number of benzene rings is 1. The second-order valence-electron chi connectivity index (χ2n) is 5.55. The molecule has 0 amide bonds. The lowest BCUT2D eigenvalue weighted by Crippen LogP contribution is -2.59. The van der Waals surface area contributed by atoms with Gasteiger partial charge in [-0.05, 0) is 12.8 Å². The molecule has 0 bridgehead atoms. The van der Waals surface area contributed by atoms with Crippen LogP contribution in [0.25, 0.3) is 0 Å². The minimum Gasteiger partial charge on any atom is -0.364 e. The topological polar surface area (TPSA) is 15.3 Å². The monoisotopic (exact) mass is 270 g/mol. The van der Waals surface area contributed by atoms with Crippen molar-refractivity contribution in [1.82, 2.24) is 5.32 Å². The van der Waals surface area contributed by atoms with Crippen molar-refractivity contribution >= 4 is 5.69 Å². The van der Waals surface area contributed by atoms with Crippen LogP contribution in [-0.2, 0) is 0 Å². The molecule has 0 aromatic heterocycles. The van der Waals surface area contributed by atoms with E-state index in [0.29, 0.717) is 19.6 Å². The van der Waals surface area contributed by atoms with Gasteiger partial charge in [0.2, 0.25) is 0 Å². The molecule has 19 heavy (non-hydrogen) atoms. The first-order valence-corrected chi connectivity index (χ1v) is 6.74. The van der Waals surface area contributed by atoms with Crippen LogP contribution >= 0.6 is 0 Å². The van der Waals surface area contributed by atoms with Gasteiger partial charge in [0, 0.05) is 37.3 Å². The third-order valence-corrected chi connectivity index (χ3v) is 4.23. The summed E-state index contributed by atoms with van der Waals surface area (Å²) in [6.45, 7) is 1.84. The minimum atomic E-state index is -0.871. The van der Waals surface area contributed by atoms with Gasteiger partial charge in [-0.15, -0.1) is 0 Å². The molecule has 0 atom stereocenters. The van der Waals surface area contributed by atoms with Crippen LogP contribution in [0.15, 0.2) is 12.1 Å². The molecule has 1 aromatic carbocycles. The average Bonchev–Trinajstić information content (AvgIpc) is 2.76. The maximum Gasteiger partial charge on any atom is 0.152 e. The number of nitrogens with one attached hydrogen (secondary N) is 1. The molecule has 1 spiro atoms. The lowest BCUT2D eigenvalue weighted by atomic mass is 9.94. The average molecular weight is 270 g/mol. The Hall–Kier alpha value is -1.23. The standard InChI is InChI=1S/C14H17F3N2/c15-10-7-11(16)13(12(17)8-10)19-6-5-18-14(9-19)3-1-2-4-14/h7-8,18H,1-6,9H2. The number of halogens is 3. The second-order valence-corrected chi connectivity index (χ2v) is 5.55. The Balaban J connectivity index is 1.90. The highest BCUT2D eigenvalue weighted by molar-refractivity contribution is 5.50. The van der Waals surface area contributed by atoms with Crippen LogP contribution in [0.1, 0.15) is 25.7 Å². The molecule has 1 saturated carbocycles. The quantitative estimate of drug-likeness (QED) is 0.844. The Bertz CT molecular complexity index is 461. The van der Waals surface area contributed by atoms with Crippen LogP contribution in [0.2, 0.25) is 0 Å². The zero-order chi connectivity index (χ0) is 13.5. The minimum absolute atomic E-state index is 0.0223. The number of piperazine rings is 1. The summed E-state index contributed by atoms with van der Waals surface area (Å²) in [5.74, 6) is -2.50. The summed E-state index contributed by atoms with van der Waals surface area (Å²) < 4.78 is 40.6. The molecule has 1 aromatic rings. The normalized spacial score (nSPS) is 22.2. The molecule has 2 fully saturated rings. The highest BCUT2D eigenvalue weighted by Crippen LogP contribution is 2.35. The van der Waals surface area contributed by atoms with Crippen LogP contribution in [0.3, 0.4) is 0 Å². The number of nitrogens with zero attached hydrogens (tertiary/aromatic N) is 1. The van der Waals surface area contributed by atoms with E-state index in [1.807, 2.05) is 0 Å². The Morgan fingerprint density at radius 1 is 1.05 bits per heavy atom. The number of hydrogen-bond acceptors (Lipinski definition) is 2. The summed E-state index contributed by atoms with van der Waals surface area (Å²) >= 11 is 0. The predicted molar refractivity (Wildman–Crippen MR) is 67.7 cm³/mol. The molecule has 0 radical (unpaired) electrons. The largest absolute Gasteiger partial charge is 0.364 e. The van der Waals surface area contributed by atoms with Gasteiger partial charge in [-0.3, -0.25) is 0 Å². The van der Waals surface area contributed by atoms with Gasteiger partial charge >= 0.3 is 0 Å². The maximum atomic E-state index is 13.8. The van der Waals surface area contributed by atoms with E-state index < -0.39 is 17.5 Å². The summed E-state index contributed by atoms with van der Waals surface area (Å²) in [7, 11) is 0. The number of hydrogen-bond donors (Lipinski definition) is 1. The van der Waals surface area contributed by atoms with Crippen molar-refractivity contribution in [2.24, 2.45) is 0 Å². The van der Waals surface area contributed by atoms with Crippen LogP contribution in [0.4, 0.5) is 18.9 Å². The van der Waals surface area contributed by atoms with Gasteiger partial charge in [-0.25, -0.2) is 13.2 Å². The van der Waals surface area contributed by atoms with Gasteiger partial charge < -0.3 is 10.2 Å². The van der Waals surface area contributed by atoms with Crippen LogP contribution in [0, 0.1) is 17.5 Å². The third-order valence-electron chi connectivity index (χ3n) is 4.23. The van der Waals surface area contributed by atoms with Gasteiger partial charge in [0.05, 0.1) is 0 Å². The van der Waals surface area contributed by atoms with Crippen molar-refractivity contribution < 1.29 is 13.2 Å².